The molecule has 0 aromatic rings. The first-order valence-electron chi connectivity index (χ1n) is 3.18. The molecule has 3 nitrogen and oxygen atoms in total. The van der Waals surface area contributed by atoms with E-state index in [1.54, 1.807) is 0 Å². The number of ether oxygens (including phenoxy) is 1. The second-order valence-electron chi connectivity index (χ2n) is 1.87. The predicted molar refractivity (Wildman–Crippen MR) is 41.9 cm³/mol. The Morgan fingerprint density at radius 3 is 2.70 bits per heavy atom. The first kappa shape index (κ1) is 9.81. The third kappa shape index (κ3) is 3.76. The summed E-state index contributed by atoms with van der Waals surface area (Å²) in [6.07, 6.45) is -0.167. The highest BCUT2D eigenvalue weighted by Crippen LogP contribution is 1.91. The second-order valence-corrected chi connectivity index (χ2v) is 2.27. The minimum atomic E-state index is -1.01. The average Bonchev–Trinajstić information content (AvgIpc) is 1.98. The summed E-state index contributed by atoms with van der Waals surface area (Å²) in [5.41, 5.74) is 0. The minimum Gasteiger partial charge on any atom is -0.484 e. The van der Waals surface area contributed by atoms with Gasteiger partial charge >= 0.3 is 0 Å². The van der Waals surface area contributed by atoms with Crippen molar-refractivity contribution in [3.63, 3.8) is 0 Å². The van der Waals surface area contributed by atoms with Crippen molar-refractivity contribution >= 4 is 17.3 Å². The van der Waals surface area contributed by atoms with Gasteiger partial charge in [0, 0.05) is 0 Å². The highest BCUT2D eigenvalue weighted by atomic mass is 32.1. The lowest BCUT2D eigenvalue weighted by Gasteiger charge is -2.09. The SMILES string of the molecule is CCCOC(=S)C(O)CO. The monoisotopic (exact) mass is 164 g/mol. The number of thiocarbonyl (C=S) groups is 1. The van der Waals surface area contributed by atoms with E-state index < -0.39 is 6.10 Å². The van der Waals surface area contributed by atoms with E-state index in [0.717, 1.165) is 6.42 Å². The molecule has 0 aliphatic carbocycles. The molecule has 0 spiro atoms. The normalized spacial score (nSPS) is 12.7. The van der Waals surface area contributed by atoms with E-state index in [1.807, 2.05) is 6.92 Å². The van der Waals surface area contributed by atoms with Crippen molar-refractivity contribution in [2.24, 2.45) is 0 Å². The molecule has 1 unspecified atom stereocenters. The zero-order valence-electron chi connectivity index (χ0n) is 5.91. The van der Waals surface area contributed by atoms with Crippen LogP contribution in [0.25, 0.3) is 0 Å². The molecule has 2 N–H and O–H groups in total. The number of hydrogen-bond acceptors (Lipinski definition) is 4. The van der Waals surface area contributed by atoms with Gasteiger partial charge in [-0.1, -0.05) is 6.92 Å². The predicted octanol–water partition coefficient (Wildman–Crippen LogP) is 0.0936. The Bertz CT molecular complexity index is 105. The van der Waals surface area contributed by atoms with E-state index in [-0.39, 0.29) is 11.7 Å². The van der Waals surface area contributed by atoms with Crippen LogP contribution < -0.4 is 0 Å². The van der Waals surface area contributed by atoms with Gasteiger partial charge in [0.25, 0.3) is 0 Å². The molecular weight excluding hydrogens is 152 g/mol. The summed E-state index contributed by atoms with van der Waals surface area (Å²) in [6, 6.07) is 0. The van der Waals surface area contributed by atoms with Crippen LogP contribution in [0.3, 0.4) is 0 Å². The Hall–Kier alpha value is -0.190. The maximum atomic E-state index is 8.84. The molecule has 0 saturated heterocycles. The lowest BCUT2D eigenvalue weighted by atomic mass is 10.4. The maximum Gasteiger partial charge on any atom is 0.190 e. The summed E-state index contributed by atoms with van der Waals surface area (Å²) in [5.74, 6) is 0. The van der Waals surface area contributed by atoms with Crippen molar-refractivity contribution in [2.45, 2.75) is 19.4 Å². The topological polar surface area (TPSA) is 49.7 Å². The van der Waals surface area contributed by atoms with Crippen LogP contribution in [-0.2, 0) is 4.74 Å². The molecule has 10 heavy (non-hydrogen) atoms. The fourth-order valence-electron chi connectivity index (χ4n) is 0.373. The quantitative estimate of drug-likeness (QED) is 0.578. The Balaban J connectivity index is 3.42. The third-order valence-electron chi connectivity index (χ3n) is 0.893. The van der Waals surface area contributed by atoms with Crippen LogP contribution in [0.2, 0.25) is 0 Å². The summed E-state index contributed by atoms with van der Waals surface area (Å²) in [7, 11) is 0. The third-order valence-corrected chi connectivity index (χ3v) is 1.28. The van der Waals surface area contributed by atoms with Gasteiger partial charge in [0.2, 0.25) is 0 Å². The zero-order chi connectivity index (χ0) is 7.98. The number of aliphatic hydroxyl groups is 2. The van der Waals surface area contributed by atoms with Gasteiger partial charge in [0.1, 0.15) is 6.10 Å². The van der Waals surface area contributed by atoms with Crippen molar-refractivity contribution < 1.29 is 14.9 Å². The molecule has 60 valence electrons. The number of rotatable bonds is 4. The Morgan fingerprint density at radius 1 is 1.70 bits per heavy atom. The first-order chi connectivity index (χ1) is 4.72. The standard InChI is InChI=1S/C6H12O3S/c1-2-3-9-6(10)5(8)4-7/h5,7-8H,2-4H2,1H3. The van der Waals surface area contributed by atoms with E-state index in [4.69, 9.17) is 14.9 Å². The summed E-state index contributed by atoms with van der Waals surface area (Å²) < 4.78 is 4.87. The van der Waals surface area contributed by atoms with Gasteiger partial charge in [-0.15, -0.1) is 0 Å². The number of hydrogen-bond donors (Lipinski definition) is 2. The fraction of sp³-hybridized carbons (Fsp3) is 0.833. The molecule has 0 rings (SSSR count). The Morgan fingerprint density at radius 2 is 2.30 bits per heavy atom. The lowest BCUT2D eigenvalue weighted by Crippen LogP contribution is -2.25. The largest absolute Gasteiger partial charge is 0.484 e. The van der Waals surface area contributed by atoms with Crippen LogP contribution in [-0.4, -0.2) is 34.6 Å². The van der Waals surface area contributed by atoms with Crippen LogP contribution in [0.15, 0.2) is 0 Å². The van der Waals surface area contributed by atoms with Crippen molar-refractivity contribution in [2.75, 3.05) is 13.2 Å². The summed E-state index contributed by atoms with van der Waals surface area (Å²) >= 11 is 4.61. The molecule has 0 aromatic heterocycles. The van der Waals surface area contributed by atoms with Gasteiger partial charge in [-0.2, -0.15) is 0 Å². The van der Waals surface area contributed by atoms with Crippen molar-refractivity contribution in [3.05, 3.63) is 0 Å². The van der Waals surface area contributed by atoms with Crippen molar-refractivity contribution in [3.8, 4) is 0 Å². The van der Waals surface area contributed by atoms with Crippen molar-refractivity contribution in [1.29, 1.82) is 0 Å². The van der Waals surface area contributed by atoms with E-state index in [0.29, 0.717) is 6.61 Å². The van der Waals surface area contributed by atoms with E-state index in [2.05, 4.69) is 12.2 Å². The second kappa shape index (κ2) is 5.58. The van der Waals surface area contributed by atoms with Gasteiger partial charge in [0.15, 0.2) is 5.05 Å². The summed E-state index contributed by atoms with van der Waals surface area (Å²) in [4.78, 5) is 0. The average molecular weight is 164 g/mol. The molecule has 0 heterocycles. The molecule has 4 heteroatoms. The molecule has 0 aliphatic heterocycles. The van der Waals surface area contributed by atoms with E-state index >= 15 is 0 Å². The molecule has 0 fully saturated rings. The van der Waals surface area contributed by atoms with Gasteiger partial charge < -0.3 is 14.9 Å². The van der Waals surface area contributed by atoms with E-state index in [9.17, 15) is 0 Å². The molecule has 0 amide bonds. The smallest absolute Gasteiger partial charge is 0.190 e. The van der Waals surface area contributed by atoms with Crippen LogP contribution in [0, 0.1) is 0 Å². The van der Waals surface area contributed by atoms with Crippen molar-refractivity contribution in [1.82, 2.24) is 0 Å². The van der Waals surface area contributed by atoms with Crippen LogP contribution in [0.5, 0.6) is 0 Å². The van der Waals surface area contributed by atoms with Gasteiger partial charge in [-0.05, 0) is 18.6 Å². The zero-order valence-corrected chi connectivity index (χ0v) is 6.73. The van der Waals surface area contributed by atoms with Crippen LogP contribution in [0.1, 0.15) is 13.3 Å². The molecule has 1 atom stereocenters. The van der Waals surface area contributed by atoms with Gasteiger partial charge in [-0.3, -0.25) is 0 Å². The first-order valence-corrected chi connectivity index (χ1v) is 3.58. The minimum absolute atomic E-state index is 0.0735. The molecule has 0 aliphatic rings. The number of aliphatic hydroxyl groups excluding tert-OH is 2. The highest BCUT2D eigenvalue weighted by molar-refractivity contribution is 7.80. The Kier molecular flexibility index (Phi) is 5.48. The highest BCUT2D eigenvalue weighted by Gasteiger charge is 2.08. The van der Waals surface area contributed by atoms with Crippen LogP contribution in [0.4, 0.5) is 0 Å². The van der Waals surface area contributed by atoms with Gasteiger partial charge in [0.05, 0.1) is 13.2 Å². The van der Waals surface area contributed by atoms with Crippen LogP contribution >= 0.6 is 12.2 Å². The molecule has 0 saturated carbocycles. The Labute approximate surface area is 65.6 Å². The van der Waals surface area contributed by atoms with E-state index in [1.165, 1.54) is 0 Å². The summed E-state index contributed by atoms with van der Waals surface area (Å²) in [5, 5.41) is 17.3. The molecular formula is C6H12O3S. The maximum absolute atomic E-state index is 8.84. The molecule has 0 bridgehead atoms. The summed E-state index contributed by atoms with van der Waals surface area (Å²) in [6.45, 7) is 2.06. The molecule has 0 radical (unpaired) electrons. The lowest BCUT2D eigenvalue weighted by molar-refractivity contribution is 0.122. The molecule has 0 aromatic carbocycles. The van der Waals surface area contributed by atoms with Gasteiger partial charge in [-0.25, -0.2) is 0 Å². The fourth-order valence-corrected chi connectivity index (χ4v) is 0.531.